The first-order valence-electron chi connectivity index (χ1n) is 6.59. The van der Waals surface area contributed by atoms with Gasteiger partial charge in [-0.05, 0) is 13.0 Å². The number of anilines is 1. The van der Waals surface area contributed by atoms with Crippen LogP contribution >= 0.6 is 0 Å². The lowest BCUT2D eigenvalue weighted by molar-refractivity contribution is -0.385. The van der Waals surface area contributed by atoms with E-state index in [-0.39, 0.29) is 29.2 Å². The summed E-state index contributed by atoms with van der Waals surface area (Å²) in [4.78, 5) is 32.6. The standard InChI is InChI=1S/C13H10N6O5/c1-2-17-12(11(7-15-17)19(23)24)13(20)16-10-4-3-9(18(21)22)5-8(10)6-14/h3-5,7H,2H2,1H3,(H,16,20). The maximum Gasteiger partial charge on any atom is 0.320 e. The maximum atomic E-state index is 12.3. The highest BCUT2D eigenvalue weighted by Crippen LogP contribution is 2.24. The lowest BCUT2D eigenvalue weighted by Gasteiger charge is -2.08. The molecule has 0 saturated carbocycles. The van der Waals surface area contributed by atoms with Gasteiger partial charge in [-0.1, -0.05) is 0 Å². The van der Waals surface area contributed by atoms with E-state index in [1.165, 1.54) is 6.07 Å². The number of rotatable bonds is 5. The number of hydrogen-bond acceptors (Lipinski definition) is 7. The highest BCUT2D eigenvalue weighted by molar-refractivity contribution is 6.06. The van der Waals surface area contributed by atoms with Crippen molar-refractivity contribution in [2.75, 3.05) is 5.32 Å². The van der Waals surface area contributed by atoms with Gasteiger partial charge in [0.1, 0.15) is 12.3 Å². The van der Waals surface area contributed by atoms with Crippen LogP contribution in [0.1, 0.15) is 23.0 Å². The molecule has 0 fully saturated rings. The molecule has 24 heavy (non-hydrogen) atoms. The van der Waals surface area contributed by atoms with Crippen LogP contribution in [0.25, 0.3) is 0 Å². The molecule has 0 aliphatic heterocycles. The minimum absolute atomic E-state index is 0.00579. The number of nitriles is 1. The summed E-state index contributed by atoms with van der Waals surface area (Å²) in [5.41, 5.74) is -1.19. The molecule has 0 atom stereocenters. The summed E-state index contributed by atoms with van der Waals surface area (Å²) < 4.78 is 1.14. The van der Waals surface area contributed by atoms with Crippen molar-refractivity contribution in [3.8, 4) is 6.07 Å². The van der Waals surface area contributed by atoms with Crippen molar-refractivity contribution in [2.45, 2.75) is 13.5 Å². The van der Waals surface area contributed by atoms with E-state index < -0.39 is 21.4 Å². The number of benzene rings is 1. The molecule has 2 rings (SSSR count). The van der Waals surface area contributed by atoms with Crippen LogP contribution in [0.15, 0.2) is 24.4 Å². The number of aromatic nitrogens is 2. The molecule has 0 radical (unpaired) electrons. The first-order chi connectivity index (χ1) is 11.4. The monoisotopic (exact) mass is 330 g/mol. The summed E-state index contributed by atoms with van der Waals surface area (Å²) in [6.07, 6.45) is 0.958. The van der Waals surface area contributed by atoms with Gasteiger partial charge in [-0.25, -0.2) is 0 Å². The Bertz CT molecular complexity index is 881. The molecule has 11 nitrogen and oxygen atoms in total. The zero-order chi connectivity index (χ0) is 17.9. The zero-order valence-electron chi connectivity index (χ0n) is 12.3. The molecule has 1 amide bonds. The SMILES string of the molecule is CCn1ncc([N+](=O)[O-])c1C(=O)Nc1ccc([N+](=O)[O-])cc1C#N. The predicted molar refractivity (Wildman–Crippen MR) is 80.3 cm³/mol. The van der Waals surface area contributed by atoms with E-state index >= 15 is 0 Å². The molecular weight excluding hydrogens is 320 g/mol. The normalized spacial score (nSPS) is 10.0. The number of nitrogens with one attached hydrogen (secondary N) is 1. The Morgan fingerprint density at radius 1 is 1.38 bits per heavy atom. The largest absolute Gasteiger partial charge is 0.320 e. The third-order valence-electron chi connectivity index (χ3n) is 3.11. The van der Waals surface area contributed by atoms with Crippen LogP contribution in [0.5, 0.6) is 0 Å². The molecular formula is C13H10N6O5. The highest BCUT2D eigenvalue weighted by atomic mass is 16.6. The third-order valence-corrected chi connectivity index (χ3v) is 3.11. The summed E-state index contributed by atoms with van der Waals surface area (Å²) in [6, 6.07) is 5.03. The van der Waals surface area contributed by atoms with Crippen molar-refractivity contribution in [2.24, 2.45) is 0 Å². The van der Waals surface area contributed by atoms with Crippen molar-refractivity contribution < 1.29 is 14.6 Å². The summed E-state index contributed by atoms with van der Waals surface area (Å²) >= 11 is 0. The average Bonchev–Trinajstić information content (AvgIpc) is 2.99. The second kappa shape index (κ2) is 6.53. The molecule has 11 heteroatoms. The van der Waals surface area contributed by atoms with Gasteiger partial charge in [0.2, 0.25) is 5.69 Å². The average molecular weight is 330 g/mol. The molecule has 0 saturated heterocycles. The molecule has 0 bridgehead atoms. The topological polar surface area (TPSA) is 157 Å². The molecule has 1 aromatic carbocycles. The zero-order valence-corrected chi connectivity index (χ0v) is 12.3. The number of carbonyl (C=O) groups is 1. The number of nitro benzene ring substituents is 1. The van der Waals surface area contributed by atoms with E-state index in [0.717, 1.165) is 23.0 Å². The van der Waals surface area contributed by atoms with Gasteiger partial charge in [0.15, 0.2) is 0 Å². The van der Waals surface area contributed by atoms with Crippen molar-refractivity contribution in [3.05, 3.63) is 55.9 Å². The predicted octanol–water partition coefficient (Wildman–Crippen LogP) is 1.84. The van der Waals surface area contributed by atoms with Crippen LogP contribution in [0.2, 0.25) is 0 Å². The second-order valence-corrected chi connectivity index (χ2v) is 4.50. The quantitative estimate of drug-likeness (QED) is 0.647. The van der Waals surface area contributed by atoms with E-state index in [2.05, 4.69) is 10.4 Å². The van der Waals surface area contributed by atoms with Crippen LogP contribution in [-0.2, 0) is 6.54 Å². The maximum absolute atomic E-state index is 12.3. The van der Waals surface area contributed by atoms with Gasteiger partial charge in [-0.3, -0.25) is 29.7 Å². The summed E-state index contributed by atoms with van der Waals surface area (Å²) in [5, 5.41) is 36.9. The number of hydrogen-bond donors (Lipinski definition) is 1. The Labute approximate surface area is 134 Å². The fraction of sp³-hybridized carbons (Fsp3) is 0.154. The molecule has 1 heterocycles. The van der Waals surface area contributed by atoms with E-state index in [1.807, 2.05) is 0 Å². The number of amides is 1. The Kier molecular flexibility index (Phi) is 4.50. The first kappa shape index (κ1) is 16.6. The van der Waals surface area contributed by atoms with Gasteiger partial charge in [0.25, 0.3) is 11.6 Å². The molecule has 0 spiro atoms. The minimum Gasteiger partial charge on any atom is -0.319 e. The van der Waals surface area contributed by atoms with E-state index in [1.54, 1.807) is 13.0 Å². The number of nitrogens with zero attached hydrogens (tertiary/aromatic N) is 5. The van der Waals surface area contributed by atoms with Gasteiger partial charge in [0.05, 0.1) is 21.1 Å². The smallest absolute Gasteiger partial charge is 0.319 e. The van der Waals surface area contributed by atoms with Gasteiger partial charge < -0.3 is 5.32 Å². The van der Waals surface area contributed by atoms with Crippen LogP contribution in [-0.4, -0.2) is 25.5 Å². The second-order valence-electron chi connectivity index (χ2n) is 4.50. The number of nitro groups is 2. The van der Waals surface area contributed by atoms with Gasteiger partial charge in [-0.2, -0.15) is 10.4 Å². The molecule has 2 aromatic rings. The van der Waals surface area contributed by atoms with Crippen molar-refractivity contribution >= 4 is 23.0 Å². The van der Waals surface area contributed by atoms with Crippen LogP contribution in [0, 0.1) is 31.6 Å². The number of carbonyl (C=O) groups excluding carboxylic acids is 1. The fourth-order valence-electron chi connectivity index (χ4n) is 2.01. The fourth-order valence-corrected chi connectivity index (χ4v) is 2.01. The molecule has 122 valence electrons. The highest BCUT2D eigenvalue weighted by Gasteiger charge is 2.27. The summed E-state index contributed by atoms with van der Waals surface area (Å²) in [7, 11) is 0. The van der Waals surface area contributed by atoms with E-state index in [9.17, 15) is 25.0 Å². The van der Waals surface area contributed by atoms with E-state index in [4.69, 9.17) is 5.26 Å². The van der Waals surface area contributed by atoms with Gasteiger partial charge >= 0.3 is 5.69 Å². The lowest BCUT2D eigenvalue weighted by Crippen LogP contribution is -2.19. The minimum atomic E-state index is -0.841. The molecule has 0 aliphatic rings. The van der Waals surface area contributed by atoms with Crippen molar-refractivity contribution in [1.29, 1.82) is 5.26 Å². The Morgan fingerprint density at radius 3 is 2.62 bits per heavy atom. The summed E-state index contributed by atoms with van der Waals surface area (Å²) in [6.45, 7) is 1.88. The van der Waals surface area contributed by atoms with Crippen molar-refractivity contribution in [3.63, 3.8) is 0 Å². The summed E-state index contributed by atoms with van der Waals surface area (Å²) in [5.74, 6) is -0.841. The number of non-ortho nitro benzene ring substituents is 1. The Balaban J connectivity index is 2.41. The van der Waals surface area contributed by atoms with Gasteiger partial charge in [-0.15, -0.1) is 0 Å². The molecule has 0 unspecified atom stereocenters. The Hall–Kier alpha value is -3.81. The molecule has 0 aliphatic carbocycles. The molecule has 1 aromatic heterocycles. The van der Waals surface area contributed by atoms with E-state index in [0.29, 0.717) is 0 Å². The third kappa shape index (κ3) is 3.02. The lowest BCUT2D eigenvalue weighted by atomic mass is 10.1. The first-order valence-corrected chi connectivity index (χ1v) is 6.59. The van der Waals surface area contributed by atoms with Crippen LogP contribution < -0.4 is 5.32 Å². The van der Waals surface area contributed by atoms with Crippen LogP contribution in [0.4, 0.5) is 17.1 Å². The molecule has 1 N–H and O–H groups in total. The van der Waals surface area contributed by atoms with Gasteiger partial charge in [0, 0.05) is 18.7 Å². The Morgan fingerprint density at radius 2 is 2.08 bits per heavy atom. The van der Waals surface area contributed by atoms with Crippen molar-refractivity contribution in [1.82, 2.24) is 9.78 Å². The van der Waals surface area contributed by atoms with Crippen LogP contribution in [0.3, 0.4) is 0 Å². The number of aryl methyl sites for hydroxylation is 1.